The summed E-state index contributed by atoms with van der Waals surface area (Å²) >= 11 is 0. The number of pyridine rings is 1. The van der Waals surface area contributed by atoms with E-state index in [0.29, 0.717) is 22.4 Å². The van der Waals surface area contributed by atoms with E-state index in [1.165, 1.54) is 23.2 Å². The van der Waals surface area contributed by atoms with Gasteiger partial charge in [0.1, 0.15) is 11.3 Å². The van der Waals surface area contributed by atoms with Crippen LogP contribution in [0, 0.1) is 6.92 Å². The Hall–Kier alpha value is -3.07. The molecule has 0 radical (unpaired) electrons. The molecule has 1 aliphatic rings. The number of aryl methyl sites for hydroxylation is 1. The van der Waals surface area contributed by atoms with Gasteiger partial charge in [-0.2, -0.15) is 13.2 Å². The number of rotatable bonds is 3. The van der Waals surface area contributed by atoms with Gasteiger partial charge in [-0.25, -0.2) is 4.98 Å². The highest BCUT2D eigenvalue weighted by Gasteiger charge is 2.35. The Labute approximate surface area is 159 Å². The van der Waals surface area contributed by atoms with Crippen molar-refractivity contribution in [3.8, 4) is 11.6 Å². The van der Waals surface area contributed by atoms with Crippen molar-refractivity contribution in [2.75, 3.05) is 7.05 Å². The number of halogens is 3. The summed E-state index contributed by atoms with van der Waals surface area (Å²) in [5, 5.41) is 12.4. The van der Waals surface area contributed by atoms with Gasteiger partial charge in [0.05, 0.1) is 5.70 Å². The van der Waals surface area contributed by atoms with Crippen molar-refractivity contribution in [2.45, 2.75) is 26.4 Å². The third-order valence-corrected chi connectivity index (χ3v) is 4.42. The summed E-state index contributed by atoms with van der Waals surface area (Å²) in [5.74, 6) is -0.766. The molecule has 1 aromatic carbocycles. The first kappa shape index (κ1) is 19.7. The van der Waals surface area contributed by atoms with Crippen molar-refractivity contribution >= 4 is 11.6 Å². The maximum atomic E-state index is 13.1. The molecule has 0 saturated heterocycles. The summed E-state index contributed by atoms with van der Waals surface area (Å²) in [6.07, 6.45) is -4.55. The molecule has 6 nitrogen and oxygen atoms in total. The number of aromatic nitrogens is 1. The third-order valence-electron chi connectivity index (χ3n) is 4.42. The van der Waals surface area contributed by atoms with Gasteiger partial charge in [-0.3, -0.25) is 4.79 Å². The van der Waals surface area contributed by atoms with Gasteiger partial charge in [-0.15, -0.1) is 0 Å². The third kappa shape index (κ3) is 3.65. The number of alkyl halides is 3. The highest BCUT2D eigenvalue weighted by atomic mass is 19.4. The zero-order valence-electron chi connectivity index (χ0n) is 15.3. The summed E-state index contributed by atoms with van der Waals surface area (Å²) in [5.41, 5.74) is 1.27. The molecule has 2 heterocycles. The Balaban J connectivity index is 1.97. The fraction of sp³-hybridized carbons (Fsp3) is 0.263. The van der Waals surface area contributed by atoms with E-state index in [9.17, 15) is 23.1 Å². The fourth-order valence-corrected chi connectivity index (χ4v) is 2.97. The second-order valence-corrected chi connectivity index (χ2v) is 6.36. The van der Waals surface area contributed by atoms with E-state index in [-0.39, 0.29) is 5.75 Å². The van der Waals surface area contributed by atoms with Crippen molar-refractivity contribution in [3.05, 3.63) is 58.8 Å². The van der Waals surface area contributed by atoms with E-state index in [1.54, 1.807) is 33.0 Å². The molecule has 1 unspecified atom stereocenters. The zero-order chi connectivity index (χ0) is 20.6. The summed E-state index contributed by atoms with van der Waals surface area (Å²) in [6, 6.07) is 6.76. The molecule has 1 aromatic heterocycles. The van der Waals surface area contributed by atoms with Crippen molar-refractivity contribution in [3.63, 3.8) is 0 Å². The largest absolute Gasteiger partial charge is 0.438 e. The van der Waals surface area contributed by atoms with Crippen LogP contribution in [-0.4, -0.2) is 34.3 Å². The lowest BCUT2D eigenvalue weighted by molar-refractivity contribution is -0.138. The molecule has 3 rings (SSSR count). The number of carbonyl (C=O) groups excluding carboxylic acids is 1. The molecule has 0 bridgehead atoms. The van der Waals surface area contributed by atoms with Crippen molar-refractivity contribution in [1.82, 2.24) is 15.2 Å². The molecular formula is C19H18F3N3O3. The minimum atomic E-state index is -4.59. The highest BCUT2D eigenvalue weighted by Crippen LogP contribution is 2.37. The van der Waals surface area contributed by atoms with Gasteiger partial charge >= 0.3 is 6.18 Å². The van der Waals surface area contributed by atoms with Crippen molar-refractivity contribution < 1.29 is 27.8 Å². The highest BCUT2D eigenvalue weighted by molar-refractivity contribution is 6.02. The summed E-state index contributed by atoms with van der Waals surface area (Å²) in [7, 11) is 1.62. The van der Waals surface area contributed by atoms with Gasteiger partial charge in [0.25, 0.3) is 5.91 Å². The number of nitrogens with zero attached hydrogens (tertiary/aromatic N) is 2. The first-order valence-corrected chi connectivity index (χ1v) is 8.33. The first-order chi connectivity index (χ1) is 13.1. The van der Waals surface area contributed by atoms with Crippen LogP contribution >= 0.6 is 0 Å². The average Bonchev–Trinajstić information content (AvgIpc) is 2.61. The Morgan fingerprint density at radius 3 is 2.61 bits per heavy atom. The number of nitrogens with one attached hydrogen (secondary N) is 1. The molecule has 1 aliphatic heterocycles. The normalized spacial score (nSPS) is 17.6. The Kier molecular flexibility index (Phi) is 5.03. The number of aliphatic hydroxyl groups is 1. The maximum Gasteiger partial charge on any atom is 0.421 e. The molecular weight excluding hydrogens is 375 g/mol. The van der Waals surface area contributed by atoms with Crippen LogP contribution in [0.5, 0.6) is 11.6 Å². The van der Waals surface area contributed by atoms with Crippen LogP contribution in [0.4, 0.5) is 13.2 Å². The Morgan fingerprint density at radius 1 is 1.25 bits per heavy atom. The lowest BCUT2D eigenvalue weighted by atomic mass is 9.99. The molecule has 28 heavy (non-hydrogen) atoms. The number of carbonyl (C=O) groups is 1. The topological polar surface area (TPSA) is 74.7 Å². The quantitative estimate of drug-likeness (QED) is 0.837. The van der Waals surface area contributed by atoms with E-state index in [0.717, 1.165) is 6.07 Å². The number of hydrogen-bond acceptors (Lipinski definition) is 5. The van der Waals surface area contributed by atoms with Crippen molar-refractivity contribution in [1.29, 1.82) is 0 Å². The summed E-state index contributed by atoms with van der Waals surface area (Å²) < 4.78 is 44.7. The van der Waals surface area contributed by atoms with Crippen LogP contribution in [0.25, 0.3) is 5.70 Å². The van der Waals surface area contributed by atoms with E-state index in [2.05, 4.69) is 10.3 Å². The minimum Gasteiger partial charge on any atom is -0.438 e. The van der Waals surface area contributed by atoms with Gasteiger partial charge in [-0.1, -0.05) is 0 Å². The van der Waals surface area contributed by atoms with Crippen LogP contribution in [-0.2, 0) is 11.0 Å². The SMILES string of the molecule is CC1=C(c2ccc(Oc3ncccc3C(F)(F)F)cc2C)N(C)C(O)NC1=O. The standard InChI is InChI=1S/C19H18F3N3O3/c1-10-9-12(28-17-14(19(20,21)22)5-4-8-23-17)6-7-13(10)15-11(2)16(26)24-18(27)25(15)3/h4-9,18,27H,1-3H3,(H,24,26). The maximum absolute atomic E-state index is 13.1. The predicted molar refractivity (Wildman–Crippen MR) is 95.0 cm³/mol. The Morgan fingerprint density at radius 2 is 1.96 bits per heavy atom. The second-order valence-electron chi connectivity index (χ2n) is 6.36. The molecule has 1 atom stereocenters. The second kappa shape index (κ2) is 7.16. The lowest BCUT2D eigenvalue weighted by Gasteiger charge is -2.34. The first-order valence-electron chi connectivity index (χ1n) is 8.33. The van der Waals surface area contributed by atoms with Gasteiger partial charge in [0, 0.05) is 24.4 Å². The molecule has 1 amide bonds. The zero-order valence-corrected chi connectivity index (χ0v) is 15.3. The number of hydrogen-bond donors (Lipinski definition) is 2. The van der Waals surface area contributed by atoms with Crippen LogP contribution in [0.3, 0.4) is 0 Å². The van der Waals surface area contributed by atoms with Crippen molar-refractivity contribution in [2.24, 2.45) is 0 Å². The molecule has 0 fully saturated rings. The van der Waals surface area contributed by atoms with E-state index >= 15 is 0 Å². The van der Waals surface area contributed by atoms with Gasteiger partial charge in [-0.05, 0) is 49.7 Å². The number of ether oxygens (including phenoxy) is 1. The fourth-order valence-electron chi connectivity index (χ4n) is 2.97. The number of aliphatic hydroxyl groups excluding tert-OH is 1. The summed E-state index contributed by atoms with van der Waals surface area (Å²) in [4.78, 5) is 17.2. The van der Waals surface area contributed by atoms with Crippen LogP contribution in [0.15, 0.2) is 42.1 Å². The van der Waals surface area contributed by atoms with Crippen LogP contribution in [0.1, 0.15) is 23.6 Å². The number of benzene rings is 1. The molecule has 148 valence electrons. The monoisotopic (exact) mass is 393 g/mol. The lowest BCUT2D eigenvalue weighted by Crippen LogP contribution is -2.50. The molecule has 0 spiro atoms. The smallest absolute Gasteiger partial charge is 0.421 e. The summed E-state index contributed by atoms with van der Waals surface area (Å²) in [6.45, 7) is 3.36. The van der Waals surface area contributed by atoms with Crippen LogP contribution in [0.2, 0.25) is 0 Å². The van der Waals surface area contributed by atoms with Gasteiger partial charge in [0.2, 0.25) is 12.2 Å². The Bertz CT molecular complexity index is 957. The minimum absolute atomic E-state index is 0.173. The molecule has 0 aliphatic carbocycles. The van der Waals surface area contributed by atoms with Crippen LogP contribution < -0.4 is 10.1 Å². The molecule has 2 aromatic rings. The average molecular weight is 393 g/mol. The predicted octanol–water partition coefficient (Wildman–Crippen LogP) is 3.27. The van der Waals surface area contributed by atoms with Gasteiger partial charge in [0.15, 0.2) is 0 Å². The molecule has 2 N–H and O–H groups in total. The molecule has 9 heteroatoms. The van der Waals surface area contributed by atoms with E-state index in [4.69, 9.17) is 4.74 Å². The van der Waals surface area contributed by atoms with E-state index in [1.807, 2.05) is 0 Å². The van der Waals surface area contributed by atoms with Gasteiger partial charge < -0.3 is 20.1 Å². The van der Waals surface area contributed by atoms with E-state index < -0.39 is 29.9 Å². The molecule has 0 saturated carbocycles. The number of amides is 1.